The zero-order valence-corrected chi connectivity index (χ0v) is 12.8. The first-order valence-electron chi connectivity index (χ1n) is 7.23. The highest BCUT2D eigenvalue weighted by Gasteiger charge is 2.45. The van der Waals surface area contributed by atoms with Crippen LogP contribution in [0.1, 0.15) is 19.1 Å². The Labute approximate surface area is 124 Å². The number of nitrogens with one attached hydrogen (secondary N) is 1. The largest absolute Gasteiger partial charge is 0.468 e. The molecule has 1 aliphatic heterocycles. The number of hydrogen-bond donors (Lipinski definition) is 1. The Balaban J connectivity index is 1.42. The average molecular weight is 312 g/mol. The van der Waals surface area contributed by atoms with E-state index in [4.69, 9.17) is 4.42 Å². The second-order valence-electron chi connectivity index (χ2n) is 6.11. The number of furan rings is 1. The van der Waals surface area contributed by atoms with Gasteiger partial charge >= 0.3 is 0 Å². The lowest BCUT2D eigenvalue weighted by Gasteiger charge is -2.39. The van der Waals surface area contributed by atoms with Crippen LogP contribution in [0, 0.1) is 17.8 Å². The molecule has 1 saturated carbocycles. The molecule has 0 aromatic carbocycles. The summed E-state index contributed by atoms with van der Waals surface area (Å²) in [7, 11) is -3.33. The van der Waals surface area contributed by atoms with E-state index in [0.717, 1.165) is 6.42 Å². The summed E-state index contributed by atoms with van der Waals surface area (Å²) in [5, 5.41) is 0. The van der Waals surface area contributed by atoms with Gasteiger partial charge in [-0.25, -0.2) is 13.1 Å². The second-order valence-corrected chi connectivity index (χ2v) is 7.96. The minimum absolute atomic E-state index is 0.0390. The van der Waals surface area contributed by atoms with Gasteiger partial charge in [-0.15, -0.1) is 0 Å². The van der Waals surface area contributed by atoms with Crippen molar-refractivity contribution in [2.45, 2.75) is 19.9 Å². The van der Waals surface area contributed by atoms with Gasteiger partial charge in [-0.2, -0.15) is 0 Å². The van der Waals surface area contributed by atoms with Gasteiger partial charge in [0.15, 0.2) is 0 Å². The first-order valence-corrected chi connectivity index (χ1v) is 8.88. The molecule has 6 nitrogen and oxygen atoms in total. The maximum Gasteiger partial charge on any atom is 0.225 e. The third kappa shape index (κ3) is 3.47. The highest BCUT2D eigenvalue weighted by molar-refractivity contribution is 7.89. The van der Waals surface area contributed by atoms with Crippen molar-refractivity contribution in [1.29, 1.82) is 0 Å². The summed E-state index contributed by atoms with van der Waals surface area (Å²) in [6.07, 6.45) is 2.49. The number of hydrogen-bond acceptors (Lipinski definition) is 4. The van der Waals surface area contributed by atoms with E-state index in [1.54, 1.807) is 17.0 Å². The Bertz CT molecular complexity index is 605. The molecule has 1 N–H and O–H groups in total. The zero-order valence-electron chi connectivity index (χ0n) is 12.0. The van der Waals surface area contributed by atoms with E-state index in [1.165, 1.54) is 6.26 Å². The van der Waals surface area contributed by atoms with Gasteiger partial charge in [0.05, 0.1) is 18.6 Å². The molecule has 1 amide bonds. The minimum atomic E-state index is -3.33. The molecule has 2 heterocycles. The summed E-state index contributed by atoms with van der Waals surface area (Å²) in [5.41, 5.74) is 0. The van der Waals surface area contributed by atoms with Crippen LogP contribution in [0.3, 0.4) is 0 Å². The fraction of sp³-hybridized carbons (Fsp3) is 0.643. The normalized spacial score (nSPS) is 25.7. The van der Waals surface area contributed by atoms with Gasteiger partial charge in [0.2, 0.25) is 15.9 Å². The predicted octanol–water partition coefficient (Wildman–Crippen LogP) is 0.813. The van der Waals surface area contributed by atoms with Crippen molar-refractivity contribution in [2.24, 2.45) is 17.8 Å². The number of carbonyl (C=O) groups is 1. The number of amides is 1. The van der Waals surface area contributed by atoms with Crippen molar-refractivity contribution >= 4 is 15.9 Å². The standard InChI is InChI=1S/C14H20N2O4S/c1-10-5-13(10)14(17)16-7-11(8-16)9-21(18,19)15-6-12-3-2-4-20-12/h2-4,10-11,13,15H,5-9H2,1H3/t10-,13+/m1/s1. The molecule has 7 heteroatoms. The van der Waals surface area contributed by atoms with E-state index in [2.05, 4.69) is 11.6 Å². The van der Waals surface area contributed by atoms with Crippen LogP contribution in [0.2, 0.25) is 0 Å². The summed E-state index contributed by atoms with van der Waals surface area (Å²) in [5.74, 6) is 1.57. The van der Waals surface area contributed by atoms with Crippen molar-refractivity contribution < 1.29 is 17.6 Å². The Kier molecular flexibility index (Phi) is 3.79. The number of carbonyl (C=O) groups excluding carboxylic acids is 1. The van der Waals surface area contributed by atoms with Crippen LogP contribution in [-0.2, 0) is 21.4 Å². The van der Waals surface area contributed by atoms with Crippen LogP contribution in [0.4, 0.5) is 0 Å². The Morgan fingerprint density at radius 2 is 2.19 bits per heavy atom. The van der Waals surface area contributed by atoms with Gasteiger partial charge in [0.25, 0.3) is 0 Å². The number of sulfonamides is 1. The Hall–Kier alpha value is -1.34. The molecule has 1 aliphatic carbocycles. The predicted molar refractivity (Wildman–Crippen MR) is 76.7 cm³/mol. The van der Waals surface area contributed by atoms with Gasteiger partial charge in [0, 0.05) is 24.9 Å². The maximum atomic E-state index is 11.9. The molecule has 1 saturated heterocycles. The fourth-order valence-corrected chi connectivity index (χ4v) is 4.03. The summed E-state index contributed by atoms with van der Waals surface area (Å²) in [6.45, 7) is 3.36. The number of rotatable bonds is 6. The van der Waals surface area contributed by atoms with E-state index in [1.807, 2.05) is 0 Å². The third-order valence-electron chi connectivity index (χ3n) is 4.20. The summed E-state index contributed by atoms with van der Waals surface area (Å²) < 4.78 is 31.5. The van der Waals surface area contributed by atoms with Crippen LogP contribution in [-0.4, -0.2) is 38.1 Å². The number of nitrogens with zero attached hydrogens (tertiary/aromatic N) is 1. The van der Waals surface area contributed by atoms with Gasteiger partial charge in [-0.05, 0) is 24.5 Å². The molecule has 21 heavy (non-hydrogen) atoms. The molecule has 2 aliphatic rings. The molecule has 0 bridgehead atoms. The van der Waals surface area contributed by atoms with E-state index in [0.29, 0.717) is 24.8 Å². The highest BCUT2D eigenvalue weighted by atomic mass is 32.2. The number of likely N-dealkylation sites (tertiary alicyclic amines) is 1. The minimum Gasteiger partial charge on any atom is -0.468 e. The van der Waals surface area contributed by atoms with Gasteiger partial charge in [-0.3, -0.25) is 4.79 Å². The van der Waals surface area contributed by atoms with Crippen LogP contribution in [0.5, 0.6) is 0 Å². The molecule has 0 radical (unpaired) electrons. The lowest BCUT2D eigenvalue weighted by atomic mass is 10.0. The zero-order chi connectivity index (χ0) is 15.0. The molecular weight excluding hydrogens is 292 g/mol. The summed E-state index contributed by atoms with van der Waals surface area (Å²) in [6, 6.07) is 3.45. The topological polar surface area (TPSA) is 79.6 Å². The second kappa shape index (κ2) is 5.46. The van der Waals surface area contributed by atoms with E-state index in [-0.39, 0.29) is 30.0 Å². The van der Waals surface area contributed by atoms with E-state index < -0.39 is 10.0 Å². The molecule has 0 spiro atoms. The maximum absolute atomic E-state index is 11.9. The molecule has 3 rings (SSSR count). The fourth-order valence-electron chi connectivity index (χ4n) is 2.72. The molecule has 2 atom stereocenters. The van der Waals surface area contributed by atoms with Crippen LogP contribution in [0.25, 0.3) is 0 Å². The van der Waals surface area contributed by atoms with Crippen molar-refractivity contribution in [3.05, 3.63) is 24.2 Å². The molecule has 2 fully saturated rings. The summed E-state index contributed by atoms with van der Waals surface area (Å²) >= 11 is 0. The van der Waals surface area contributed by atoms with Gasteiger partial charge in [-0.1, -0.05) is 6.92 Å². The van der Waals surface area contributed by atoms with Crippen LogP contribution in [0.15, 0.2) is 22.8 Å². The summed E-state index contributed by atoms with van der Waals surface area (Å²) in [4.78, 5) is 13.7. The lowest BCUT2D eigenvalue weighted by molar-refractivity contribution is -0.138. The molecule has 0 unspecified atom stereocenters. The van der Waals surface area contributed by atoms with E-state index >= 15 is 0 Å². The third-order valence-corrected chi connectivity index (χ3v) is 5.69. The highest BCUT2D eigenvalue weighted by Crippen LogP contribution is 2.40. The van der Waals surface area contributed by atoms with Gasteiger partial charge < -0.3 is 9.32 Å². The lowest BCUT2D eigenvalue weighted by Crippen LogP contribution is -2.53. The molecule has 116 valence electrons. The monoisotopic (exact) mass is 312 g/mol. The van der Waals surface area contributed by atoms with Crippen LogP contribution >= 0.6 is 0 Å². The first kappa shape index (κ1) is 14.6. The van der Waals surface area contributed by atoms with Crippen molar-refractivity contribution in [3.8, 4) is 0 Å². The van der Waals surface area contributed by atoms with Crippen LogP contribution < -0.4 is 4.72 Å². The average Bonchev–Trinajstić information content (AvgIpc) is 2.90. The van der Waals surface area contributed by atoms with Crippen molar-refractivity contribution in [2.75, 3.05) is 18.8 Å². The quantitative estimate of drug-likeness (QED) is 0.843. The molecule has 1 aromatic heterocycles. The Morgan fingerprint density at radius 1 is 1.48 bits per heavy atom. The SMILES string of the molecule is C[C@@H]1C[C@@H]1C(=O)N1CC(CS(=O)(=O)NCc2ccco2)C1. The van der Waals surface area contributed by atoms with Crippen molar-refractivity contribution in [1.82, 2.24) is 9.62 Å². The Morgan fingerprint density at radius 3 is 2.76 bits per heavy atom. The first-order chi connectivity index (χ1) is 9.94. The molecular formula is C14H20N2O4S. The van der Waals surface area contributed by atoms with Gasteiger partial charge in [0.1, 0.15) is 5.76 Å². The van der Waals surface area contributed by atoms with E-state index in [9.17, 15) is 13.2 Å². The molecule has 1 aromatic rings. The van der Waals surface area contributed by atoms with Crippen molar-refractivity contribution in [3.63, 3.8) is 0 Å². The smallest absolute Gasteiger partial charge is 0.225 e.